The Hall–Kier alpha value is -2.42. The van der Waals surface area contributed by atoms with E-state index in [1.165, 1.54) is 0 Å². The summed E-state index contributed by atoms with van der Waals surface area (Å²) in [4.78, 5) is 24.0. The minimum atomic E-state index is 0.0195. The lowest BCUT2D eigenvalue weighted by molar-refractivity contribution is 0.0942. The van der Waals surface area contributed by atoms with Gasteiger partial charge in [0.15, 0.2) is 0 Å². The Labute approximate surface area is 197 Å². The summed E-state index contributed by atoms with van der Waals surface area (Å²) in [5.41, 5.74) is 1.71. The molecular formula is C24H28IN5O. The van der Waals surface area contributed by atoms with E-state index < -0.39 is 0 Å². The zero-order valence-corrected chi connectivity index (χ0v) is 20.1. The van der Waals surface area contributed by atoms with Crippen LogP contribution in [0, 0.1) is 9.49 Å². The highest BCUT2D eigenvalue weighted by atomic mass is 127. The van der Waals surface area contributed by atoms with E-state index in [9.17, 15) is 4.79 Å². The van der Waals surface area contributed by atoms with Gasteiger partial charge in [-0.25, -0.2) is 4.98 Å². The van der Waals surface area contributed by atoms with Crippen molar-refractivity contribution in [2.75, 3.05) is 30.9 Å². The maximum absolute atomic E-state index is 12.5. The van der Waals surface area contributed by atoms with Crippen molar-refractivity contribution in [3.63, 3.8) is 0 Å². The van der Waals surface area contributed by atoms with E-state index in [4.69, 9.17) is 9.97 Å². The zero-order valence-electron chi connectivity index (χ0n) is 17.9. The molecule has 6 nitrogen and oxygen atoms in total. The summed E-state index contributed by atoms with van der Waals surface area (Å²) < 4.78 is 0.984. The smallest absolute Gasteiger partial charge is 0.252 e. The van der Waals surface area contributed by atoms with E-state index >= 15 is 0 Å². The number of halogens is 1. The number of hydrogen-bond donors (Lipinski definition) is 2. The number of aromatic nitrogens is 2. The van der Waals surface area contributed by atoms with E-state index in [2.05, 4.69) is 39.3 Å². The zero-order chi connectivity index (χ0) is 21.8. The van der Waals surface area contributed by atoms with Crippen molar-refractivity contribution < 1.29 is 4.79 Å². The SMILES string of the molecule is CN(C)c1nc(N[C@H]2CC[C@@H](CNC(=O)c3ccccc3I)CC2)nc2ccccc12. The number of fused-ring (bicyclic) bond motifs is 1. The van der Waals surface area contributed by atoms with Crippen LogP contribution in [0.3, 0.4) is 0 Å². The molecule has 2 aromatic carbocycles. The minimum Gasteiger partial charge on any atom is -0.362 e. The summed E-state index contributed by atoms with van der Waals surface area (Å²) >= 11 is 2.21. The lowest BCUT2D eigenvalue weighted by Gasteiger charge is -2.29. The number of rotatable bonds is 6. The van der Waals surface area contributed by atoms with E-state index in [-0.39, 0.29) is 5.91 Å². The Bertz CT molecular complexity index is 1060. The van der Waals surface area contributed by atoms with Crippen LogP contribution in [0.5, 0.6) is 0 Å². The third kappa shape index (κ3) is 5.26. The van der Waals surface area contributed by atoms with Crippen molar-refractivity contribution >= 4 is 51.2 Å². The second-order valence-corrected chi connectivity index (χ2v) is 9.50. The predicted octanol–water partition coefficient (Wildman–Crippen LogP) is 4.70. The molecule has 1 aliphatic rings. The highest BCUT2D eigenvalue weighted by Gasteiger charge is 2.23. The second kappa shape index (κ2) is 9.80. The Morgan fingerprint density at radius 2 is 1.74 bits per heavy atom. The summed E-state index contributed by atoms with van der Waals surface area (Å²) in [5, 5.41) is 7.73. The molecule has 2 N–H and O–H groups in total. The van der Waals surface area contributed by atoms with Crippen molar-refractivity contribution in [1.29, 1.82) is 0 Å². The lowest BCUT2D eigenvalue weighted by atomic mass is 9.86. The Morgan fingerprint density at radius 1 is 1.03 bits per heavy atom. The quantitative estimate of drug-likeness (QED) is 0.453. The monoisotopic (exact) mass is 529 g/mol. The van der Waals surface area contributed by atoms with Crippen LogP contribution in [0.15, 0.2) is 48.5 Å². The first-order valence-corrected chi connectivity index (χ1v) is 11.8. The van der Waals surface area contributed by atoms with Gasteiger partial charge in [0.25, 0.3) is 5.91 Å². The van der Waals surface area contributed by atoms with E-state index in [0.717, 1.165) is 58.1 Å². The average molecular weight is 529 g/mol. The molecule has 31 heavy (non-hydrogen) atoms. The third-order valence-electron chi connectivity index (χ3n) is 5.86. The highest BCUT2D eigenvalue weighted by Crippen LogP contribution is 2.28. The van der Waals surface area contributed by atoms with Crippen LogP contribution in [0.2, 0.25) is 0 Å². The number of anilines is 2. The van der Waals surface area contributed by atoms with Gasteiger partial charge in [-0.3, -0.25) is 4.79 Å². The van der Waals surface area contributed by atoms with Gasteiger partial charge >= 0.3 is 0 Å². The van der Waals surface area contributed by atoms with E-state index in [0.29, 0.717) is 17.9 Å². The molecule has 0 saturated heterocycles. The molecule has 1 heterocycles. The summed E-state index contributed by atoms with van der Waals surface area (Å²) in [6.07, 6.45) is 4.27. The van der Waals surface area contributed by atoms with Gasteiger partial charge in [-0.05, 0) is 78.5 Å². The van der Waals surface area contributed by atoms with E-state index in [1.807, 2.05) is 61.5 Å². The van der Waals surface area contributed by atoms with Crippen LogP contribution >= 0.6 is 22.6 Å². The normalized spacial score (nSPS) is 18.5. The number of nitrogens with zero attached hydrogens (tertiary/aromatic N) is 3. The Kier molecular flexibility index (Phi) is 6.89. The van der Waals surface area contributed by atoms with Gasteiger partial charge in [-0.1, -0.05) is 24.3 Å². The van der Waals surface area contributed by atoms with Crippen molar-refractivity contribution in [3.05, 3.63) is 57.7 Å². The number of para-hydroxylation sites is 1. The molecule has 0 radical (unpaired) electrons. The van der Waals surface area contributed by atoms with Gasteiger partial charge in [-0.15, -0.1) is 0 Å². The molecule has 7 heteroatoms. The molecule has 1 aliphatic carbocycles. The third-order valence-corrected chi connectivity index (χ3v) is 6.80. The fraction of sp³-hybridized carbons (Fsp3) is 0.375. The first-order chi connectivity index (χ1) is 15.0. The molecule has 3 aromatic rings. The molecule has 4 rings (SSSR count). The number of hydrogen-bond acceptors (Lipinski definition) is 5. The van der Waals surface area contributed by atoms with Crippen LogP contribution < -0.4 is 15.5 Å². The van der Waals surface area contributed by atoms with Gasteiger partial charge in [0.2, 0.25) is 5.95 Å². The Balaban J connectivity index is 1.32. The predicted molar refractivity (Wildman–Crippen MR) is 135 cm³/mol. The lowest BCUT2D eigenvalue weighted by Crippen LogP contribution is -2.34. The molecule has 0 bridgehead atoms. The minimum absolute atomic E-state index is 0.0195. The van der Waals surface area contributed by atoms with Crippen LogP contribution in [0.25, 0.3) is 10.9 Å². The molecule has 162 valence electrons. The molecule has 0 unspecified atom stereocenters. The van der Waals surface area contributed by atoms with Crippen LogP contribution in [-0.2, 0) is 0 Å². The van der Waals surface area contributed by atoms with E-state index in [1.54, 1.807) is 0 Å². The molecule has 0 atom stereocenters. The maximum Gasteiger partial charge on any atom is 0.252 e. The molecule has 1 amide bonds. The largest absolute Gasteiger partial charge is 0.362 e. The van der Waals surface area contributed by atoms with Gasteiger partial charge in [0.05, 0.1) is 11.1 Å². The van der Waals surface area contributed by atoms with Crippen molar-refractivity contribution in [3.8, 4) is 0 Å². The summed E-state index contributed by atoms with van der Waals surface area (Å²) in [5.74, 6) is 2.15. The highest BCUT2D eigenvalue weighted by molar-refractivity contribution is 14.1. The average Bonchev–Trinajstić information content (AvgIpc) is 2.78. The molecule has 0 aliphatic heterocycles. The maximum atomic E-state index is 12.5. The molecule has 1 saturated carbocycles. The number of amides is 1. The first kappa shape index (κ1) is 21.8. The van der Waals surface area contributed by atoms with Crippen molar-refractivity contribution in [2.24, 2.45) is 5.92 Å². The van der Waals surface area contributed by atoms with Crippen LogP contribution in [0.1, 0.15) is 36.0 Å². The van der Waals surface area contributed by atoms with Gasteiger partial charge in [0, 0.05) is 35.6 Å². The molecule has 1 fully saturated rings. The molecule has 0 spiro atoms. The number of carbonyl (C=O) groups excluding carboxylic acids is 1. The standard InChI is InChI=1S/C24H28IN5O/c1-30(2)22-19-8-4-6-10-21(19)28-24(29-22)27-17-13-11-16(12-14-17)15-26-23(31)18-7-3-5-9-20(18)25/h3-10,16-17H,11-15H2,1-2H3,(H,26,31)(H,27,28,29)/t16-,17+. The summed E-state index contributed by atoms with van der Waals surface area (Å²) in [6.45, 7) is 0.730. The first-order valence-electron chi connectivity index (χ1n) is 10.7. The Morgan fingerprint density at radius 3 is 2.48 bits per heavy atom. The number of carbonyl (C=O) groups is 1. The van der Waals surface area contributed by atoms with Crippen molar-refractivity contribution in [1.82, 2.24) is 15.3 Å². The van der Waals surface area contributed by atoms with Gasteiger partial charge in [-0.2, -0.15) is 4.98 Å². The van der Waals surface area contributed by atoms with Crippen LogP contribution in [0.4, 0.5) is 11.8 Å². The molecular weight excluding hydrogens is 501 g/mol. The fourth-order valence-electron chi connectivity index (χ4n) is 4.14. The van der Waals surface area contributed by atoms with Crippen LogP contribution in [-0.4, -0.2) is 42.6 Å². The number of nitrogens with one attached hydrogen (secondary N) is 2. The molecule has 1 aromatic heterocycles. The summed E-state index contributed by atoms with van der Waals surface area (Å²) in [7, 11) is 4.02. The van der Waals surface area contributed by atoms with Gasteiger partial charge < -0.3 is 15.5 Å². The van der Waals surface area contributed by atoms with Gasteiger partial charge in [0.1, 0.15) is 5.82 Å². The topological polar surface area (TPSA) is 70.2 Å². The summed E-state index contributed by atoms with van der Waals surface area (Å²) in [6, 6.07) is 16.2. The fourth-order valence-corrected chi connectivity index (χ4v) is 4.77. The second-order valence-electron chi connectivity index (χ2n) is 8.33. The number of benzene rings is 2. The van der Waals surface area contributed by atoms with Crippen molar-refractivity contribution in [2.45, 2.75) is 31.7 Å².